The van der Waals surface area contributed by atoms with Crippen LogP contribution in [0.3, 0.4) is 0 Å². The summed E-state index contributed by atoms with van der Waals surface area (Å²) in [4.78, 5) is 12.5. The first-order valence-electron chi connectivity index (χ1n) is 6.20. The van der Waals surface area contributed by atoms with Crippen LogP contribution in [-0.2, 0) is 4.79 Å². The van der Waals surface area contributed by atoms with Crippen molar-refractivity contribution < 1.29 is 9.53 Å². The Morgan fingerprint density at radius 1 is 1.29 bits per heavy atom. The van der Waals surface area contributed by atoms with Crippen molar-refractivity contribution in [3.05, 3.63) is 46.9 Å². The molecule has 106 valence electrons. The van der Waals surface area contributed by atoms with Gasteiger partial charge in [0.2, 0.25) is 0 Å². The maximum absolute atomic E-state index is 12.0. The van der Waals surface area contributed by atoms with Crippen LogP contribution in [0.2, 0.25) is 0 Å². The predicted octanol–water partition coefficient (Wildman–Crippen LogP) is 2.92. The monoisotopic (exact) mass is 316 g/mol. The fourth-order valence-electron chi connectivity index (χ4n) is 2.21. The van der Waals surface area contributed by atoms with E-state index in [1.54, 1.807) is 13.2 Å². The second-order valence-corrected chi connectivity index (χ2v) is 6.13. The number of fused-ring (bicyclic) bond motifs is 1. The second-order valence-electron chi connectivity index (χ2n) is 4.45. The lowest BCUT2D eigenvalue weighted by molar-refractivity contribution is -0.122. The maximum Gasteiger partial charge on any atom is 0.280 e. The third-order valence-corrected chi connectivity index (χ3v) is 4.58. The lowest BCUT2D eigenvalue weighted by Crippen LogP contribution is -2.34. The van der Waals surface area contributed by atoms with E-state index in [1.807, 2.05) is 36.4 Å². The number of nitrogens with zero attached hydrogens (tertiary/aromatic N) is 1. The van der Waals surface area contributed by atoms with Crippen LogP contribution < -0.4 is 10.6 Å². The van der Waals surface area contributed by atoms with E-state index < -0.39 is 0 Å². The number of carbonyl (C=O) groups is 1. The third-order valence-electron chi connectivity index (χ3n) is 3.25. The zero-order chi connectivity index (χ0) is 15.0. The van der Waals surface area contributed by atoms with Crippen LogP contribution in [0.15, 0.2) is 41.3 Å². The standard InChI is InChI=1S/C15H12N2O2S2/c1-19-12-7-6-9-4-2-3-5-10(9)11(12)8-13-14(18)17(16)15(20)21-13/h2-8H,16H2,1H3/b13-8-. The van der Waals surface area contributed by atoms with E-state index in [1.165, 1.54) is 11.8 Å². The molecule has 0 aromatic heterocycles. The van der Waals surface area contributed by atoms with Gasteiger partial charge in [-0.1, -0.05) is 54.3 Å². The number of ether oxygens (including phenoxy) is 1. The number of hydrogen-bond donors (Lipinski definition) is 1. The number of hydrazine groups is 1. The van der Waals surface area contributed by atoms with Crippen LogP contribution >= 0.6 is 24.0 Å². The molecule has 2 N–H and O–H groups in total. The first-order chi connectivity index (χ1) is 10.1. The number of amides is 1. The molecular weight excluding hydrogens is 304 g/mol. The summed E-state index contributed by atoms with van der Waals surface area (Å²) in [6, 6.07) is 11.8. The van der Waals surface area contributed by atoms with E-state index in [4.69, 9.17) is 22.8 Å². The van der Waals surface area contributed by atoms with Crippen molar-refractivity contribution in [2.75, 3.05) is 7.11 Å². The Bertz CT molecular complexity index is 786. The Hall–Kier alpha value is -1.89. The van der Waals surface area contributed by atoms with E-state index in [0.717, 1.165) is 21.3 Å². The molecule has 0 unspecified atom stereocenters. The molecule has 3 rings (SSSR count). The number of thiocarbonyl (C=S) groups is 1. The quantitative estimate of drug-likeness (QED) is 0.399. The second kappa shape index (κ2) is 5.48. The summed E-state index contributed by atoms with van der Waals surface area (Å²) < 4.78 is 5.76. The molecule has 2 aromatic carbocycles. The highest BCUT2D eigenvalue weighted by Crippen LogP contribution is 2.35. The Kier molecular flexibility index (Phi) is 3.67. The number of carbonyl (C=O) groups excluding carboxylic acids is 1. The van der Waals surface area contributed by atoms with Crippen molar-refractivity contribution >= 4 is 51.1 Å². The van der Waals surface area contributed by atoms with Crippen LogP contribution in [-0.4, -0.2) is 22.3 Å². The van der Waals surface area contributed by atoms with Crippen LogP contribution in [0, 0.1) is 0 Å². The number of nitrogens with two attached hydrogens (primary N) is 1. The van der Waals surface area contributed by atoms with Crippen molar-refractivity contribution in [2.24, 2.45) is 5.84 Å². The molecule has 0 saturated carbocycles. The van der Waals surface area contributed by atoms with Gasteiger partial charge in [0.05, 0.1) is 12.0 Å². The minimum atomic E-state index is -0.292. The lowest BCUT2D eigenvalue weighted by Gasteiger charge is -2.09. The van der Waals surface area contributed by atoms with Gasteiger partial charge in [0.15, 0.2) is 4.32 Å². The number of thioether (sulfide) groups is 1. The summed E-state index contributed by atoms with van der Waals surface area (Å²) >= 11 is 6.23. The van der Waals surface area contributed by atoms with Crippen LogP contribution in [0.5, 0.6) is 5.75 Å². The fraction of sp³-hybridized carbons (Fsp3) is 0.0667. The average molecular weight is 316 g/mol. The molecular formula is C15H12N2O2S2. The zero-order valence-electron chi connectivity index (χ0n) is 11.2. The summed E-state index contributed by atoms with van der Waals surface area (Å²) in [6.07, 6.45) is 1.79. The van der Waals surface area contributed by atoms with Crippen molar-refractivity contribution in [3.8, 4) is 5.75 Å². The molecule has 21 heavy (non-hydrogen) atoms. The normalized spacial score (nSPS) is 17.0. The largest absolute Gasteiger partial charge is 0.496 e. The topological polar surface area (TPSA) is 55.6 Å². The maximum atomic E-state index is 12.0. The molecule has 0 aliphatic carbocycles. The minimum absolute atomic E-state index is 0.292. The lowest BCUT2D eigenvalue weighted by atomic mass is 10.0. The van der Waals surface area contributed by atoms with Gasteiger partial charge in [-0.25, -0.2) is 10.9 Å². The summed E-state index contributed by atoms with van der Waals surface area (Å²) in [7, 11) is 1.61. The van der Waals surface area contributed by atoms with Gasteiger partial charge < -0.3 is 4.74 Å². The average Bonchev–Trinajstić information content (AvgIpc) is 2.75. The number of rotatable bonds is 2. The van der Waals surface area contributed by atoms with Gasteiger partial charge in [0.1, 0.15) is 5.75 Å². The van der Waals surface area contributed by atoms with Gasteiger partial charge in [-0.15, -0.1) is 0 Å². The van der Waals surface area contributed by atoms with Gasteiger partial charge in [-0.05, 0) is 22.9 Å². The van der Waals surface area contributed by atoms with E-state index in [9.17, 15) is 4.79 Å². The summed E-state index contributed by atoms with van der Waals surface area (Å²) in [5.74, 6) is 6.01. The van der Waals surface area contributed by atoms with Crippen molar-refractivity contribution in [3.63, 3.8) is 0 Å². The highest BCUT2D eigenvalue weighted by atomic mass is 32.2. The Labute approximate surface area is 131 Å². The molecule has 6 heteroatoms. The molecule has 0 spiro atoms. The summed E-state index contributed by atoms with van der Waals surface area (Å²) in [5.41, 5.74) is 0.851. The molecule has 0 radical (unpaired) electrons. The predicted molar refractivity (Wildman–Crippen MR) is 89.7 cm³/mol. The Morgan fingerprint density at radius 2 is 2.05 bits per heavy atom. The van der Waals surface area contributed by atoms with Gasteiger partial charge in [-0.3, -0.25) is 4.79 Å². The highest BCUT2D eigenvalue weighted by Gasteiger charge is 2.30. The van der Waals surface area contributed by atoms with Crippen LogP contribution in [0.4, 0.5) is 0 Å². The first kappa shape index (κ1) is 14.1. The molecule has 1 saturated heterocycles. The smallest absolute Gasteiger partial charge is 0.280 e. The SMILES string of the molecule is COc1ccc2ccccc2c1/C=C1\SC(=S)N(N)C1=O. The van der Waals surface area contributed by atoms with Crippen molar-refractivity contribution in [1.82, 2.24) is 5.01 Å². The first-order valence-corrected chi connectivity index (χ1v) is 7.42. The van der Waals surface area contributed by atoms with Gasteiger partial charge in [-0.2, -0.15) is 0 Å². The fourth-order valence-corrected chi connectivity index (χ4v) is 3.30. The molecule has 0 atom stereocenters. The van der Waals surface area contributed by atoms with Crippen molar-refractivity contribution in [1.29, 1.82) is 0 Å². The van der Waals surface area contributed by atoms with Crippen LogP contribution in [0.25, 0.3) is 16.8 Å². The number of benzene rings is 2. The zero-order valence-corrected chi connectivity index (χ0v) is 12.8. The van der Waals surface area contributed by atoms with E-state index in [2.05, 4.69) is 0 Å². The molecule has 0 bridgehead atoms. The summed E-state index contributed by atoms with van der Waals surface area (Å²) in [6.45, 7) is 0. The number of methoxy groups -OCH3 is 1. The molecule has 4 nitrogen and oxygen atoms in total. The molecule has 1 aliphatic rings. The third kappa shape index (κ3) is 2.42. The van der Waals surface area contributed by atoms with Gasteiger partial charge in [0.25, 0.3) is 5.91 Å². The van der Waals surface area contributed by atoms with E-state index in [-0.39, 0.29) is 5.91 Å². The van der Waals surface area contributed by atoms with Gasteiger partial charge >= 0.3 is 0 Å². The molecule has 1 amide bonds. The molecule has 2 aromatic rings. The molecule has 1 aliphatic heterocycles. The van der Waals surface area contributed by atoms with Gasteiger partial charge in [0, 0.05) is 5.56 Å². The highest BCUT2D eigenvalue weighted by molar-refractivity contribution is 8.26. The molecule has 1 heterocycles. The number of hydrogen-bond acceptors (Lipinski definition) is 5. The van der Waals surface area contributed by atoms with Crippen LogP contribution in [0.1, 0.15) is 5.56 Å². The Balaban J connectivity index is 2.20. The van der Waals surface area contributed by atoms with E-state index >= 15 is 0 Å². The summed E-state index contributed by atoms with van der Waals surface area (Å²) in [5, 5.41) is 3.08. The van der Waals surface area contributed by atoms with E-state index in [0.29, 0.717) is 15.0 Å². The van der Waals surface area contributed by atoms with Crippen molar-refractivity contribution in [2.45, 2.75) is 0 Å². The Morgan fingerprint density at radius 3 is 2.71 bits per heavy atom. The minimum Gasteiger partial charge on any atom is -0.496 e. The molecule has 1 fully saturated rings.